The minimum absolute atomic E-state index is 0.453. The summed E-state index contributed by atoms with van der Waals surface area (Å²) >= 11 is 0. The van der Waals surface area contributed by atoms with Crippen molar-refractivity contribution in [3.05, 3.63) is 59.2 Å². The van der Waals surface area contributed by atoms with Crippen LogP contribution in [0.25, 0.3) is 10.8 Å². The maximum absolute atomic E-state index is 14.7. The molecule has 0 radical (unpaired) electrons. The van der Waals surface area contributed by atoms with E-state index >= 15 is 0 Å². The summed E-state index contributed by atoms with van der Waals surface area (Å²) in [7, 11) is 0. The molecule has 0 aromatic heterocycles. The molecule has 30 heavy (non-hydrogen) atoms. The number of benzene rings is 2. The highest BCUT2D eigenvalue weighted by atomic mass is 19.2. The average molecular weight is 411 g/mol. The van der Waals surface area contributed by atoms with E-state index in [-0.39, 0.29) is 0 Å². The Kier molecular flexibility index (Phi) is 6.91. The molecule has 2 aliphatic rings. The highest BCUT2D eigenvalue weighted by Gasteiger charge is 2.31. The highest BCUT2D eigenvalue weighted by Crippen LogP contribution is 2.44. The third kappa shape index (κ3) is 4.48. The standard InChI is InChI=1S/C28H36F2/c1-3-5-19-7-9-20(10-8-19)21-11-13-22(14-12-21)23-15-16-24-17-25(6-4-2)27(29)28(30)26(24)18-23/h3,5,15-22H,4,6-14H2,1-2H3/b5-3+. The molecule has 162 valence electrons. The number of aryl methyl sites for hydroxylation is 1. The Balaban J connectivity index is 1.42. The van der Waals surface area contributed by atoms with Crippen molar-refractivity contribution in [2.24, 2.45) is 17.8 Å². The van der Waals surface area contributed by atoms with Crippen molar-refractivity contribution in [1.29, 1.82) is 0 Å². The summed E-state index contributed by atoms with van der Waals surface area (Å²) in [5.41, 5.74) is 1.69. The van der Waals surface area contributed by atoms with Crippen LogP contribution < -0.4 is 0 Å². The van der Waals surface area contributed by atoms with Gasteiger partial charge in [0.25, 0.3) is 0 Å². The third-order valence-electron chi connectivity index (χ3n) is 7.83. The summed E-state index contributed by atoms with van der Waals surface area (Å²) in [5.74, 6) is 1.73. The van der Waals surface area contributed by atoms with Gasteiger partial charge in [-0.25, -0.2) is 8.78 Å². The topological polar surface area (TPSA) is 0 Å². The normalized spacial score (nSPS) is 27.7. The van der Waals surface area contributed by atoms with Gasteiger partial charge in [0.1, 0.15) is 0 Å². The monoisotopic (exact) mass is 410 g/mol. The zero-order valence-corrected chi connectivity index (χ0v) is 18.6. The zero-order chi connectivity index (χ0) is 21.1. The van der Waals surface area contributed by atoms with Crippen LogP contribution in [0.15, 0.2) is 36.4 Å². The molecule has 0 spiro atoms. The van der Waals surface area contributed by atoms with Crippen LogP contribution in [0.1, 0.15) is 88.7 Å². The lowest BCUT2D eigenvalue weighted by Gasteiger charge is -2.37. The Morgan fingerprint density at radius 2 is 1.53 bits per heavy atom. The fraction of sp³-hybridized carbons (Fsp3) is 0.571. The molecule has 2 aliphatic carbocycles. The number of rotatable bonds is 5. The molecule has 0 amide bonds. The number of allylic oxidation sites excluding steroid dienone is 2. The van der Waals surface area contributed by atoms with Crippen molar-refractivity contribution in [3.8, 4) is 0 Å². The first-order valence-electron chi connectivity index (χ1n) is 12.1. The van der Waals surface area contributed by atoms with Gasteiger partial charge < -0.3 is 0 Å². The molecule has 2 aromatic carbocycles. The lowest BCUT2D eigenvalue weighted by Crippen LogP contribution is -2.25. The fourth-order valence-electron chi connectivity index (χ4n) is 6.11. The SMILES string of the molecule is C/C=C/C1CCC(C2CCC(c3ccc4cc(CCC)c(F)c(F)c4c3)CC2)CC1. The smallest absolute Gasteiger partial charge is 0.166 e. The number of halogens is 2. The maximum atomic E-state index is 14.7. The predicted molar refractivity (Wildman–Crippen MR) is 123 cm³/mol. The van der Waals surface area contributed by atoms with Crippen molar-refractivity contribution in [3.63, 3.8) is 0 Å². The van der Waals surface area contributed by atoms with E-state index in [2.05, 4.69) is 25.1 Å². The van der Waals surface area contributed by atoms with E-state index in [1.165, 1.54) is 56.9 Å². The van der Waals surface area contributed by atoms with Crippen LogP contribution in [-0.4, -0.2) is 0 Å². The first kappa shape index (κ1) is 21.5. The number of fused-ring (bicyclic) bond motifs is 1. The van der Waals surface area contributed by atoms with E-state index in [1.807, 2.05) is 25.1 Å². The van der Waals surface area contributed by atoms with Crippen LogP contribution in [-0.2, 0) is 6.42 Å². The molecular formula is C28H36F2. The van der Waals surface area contributed by atoms with E-state index in [0.29, 0.717) is 23.3 Å². The summed E-state index contributed by atoms with van der Waals surface area (Å²) in [6.07, 6.45) is 16.4. The Labute approximate surface area is 180 Å². The highest BCUT2D eigenvalue weighted by molar-refractivity contribution is 5.85. The minimum atomic E-state index is -0.663. The molecule has 0 bridgehead atoms. The summed E-state index contributed by atoms with van der Waals surface area (Å²) < 4.78 is 29.2. The Morgan fingerprint density at radius 3 is 2.17 bits per heavy atom. The molecule has 2 aromatic rings. The van der Waals surface area contributed by atoms with E-state index in [1.54, 1.807) is 0 Å². The van der Waals surface area contributed by atoms with Gasteiger partial charge in [0.2, 0.25) is 0 Å². The van der Waals surface area contributed by atoms with Crippen molar-refractivity contribution in [2.45, 2.75) is 84.0 Å². The molecule has 2 saturated carbocycles. The molecule has 0 atom stereocenters. The average Bonchev–Trinajstić information content (AvgIpc) is 2.78. The minimum Gasteiger partial charge on any atom is -0.203 e. The Morgan fingerprint density at radius 1 is 0.867 bits per heavy atom. The van der Waals surface area contributed by atoms with Gasteiger partial charge in [-0.3, -0.25) is 0 Å². The molecule has 2 heteroatoms. The second-order valence-electron chi connectivity index (χ2n) is 9.71. The van der Waals surface area contributed by atoms with Crippen molar-refractivity contribution in [2.75, 3.05) is 0 Å². The molecule has 4 rings (SSSR count). The lowest BCUT2D eigenvalue weighted by atomic mass is 9.68. The van der Waals surface area contributed by atoms with Crippen LogP contribution in [0.4, 0.5) is 8.78 Å². The molecule has 0 unspecified atom stereocenters. The third-order valence-corrected chi connectivity index (χ3v) is 7.83. The van der Waals surface area contributed by atoms with Gasteiger partial charge in [-0.1, -0.05) is 37.6 Å². The Bertz CT molecular complexity index is 881. The van der Waals surface area contributed by atoms with Gasteiger partial charge in [-0.2, -0.15) is 0 Å². The second-order valence-corrected chi connectivity index (χ2v) is 9.71. The number of hydrogen-bond acceptors (Lipinski definition) is 0. The van der Waals surface area contributed by atoms with Crippen LogP contribution >= 0.6 is 0 Å². The van der Waals surface area contributed by atoms with Crippen LogP contribution in [0.5, 0.6) is 0 Å². The molecule has 0 nitrogen and oxygen atoms in total. The molecule has 0 aliphatic heterocycles. The summed E-state index contributed by atoms with van der Waals surface area (Å²) in [5, 5.41) is 1.28. The molecular weight excluding hydrogens is 374 g/mol. The van der Waals surface area contributed by atoms with E-state index < -0.39 is 11.6 Å². The van der Waals surface area contributed by atoms with Crippen LogP contribution in [0, 0.1) is 29.4 Å². The fourth-order valence-corrected chi connectivity index (χ4v) is 6.11. The largest absolute Gasteiger partial charge is 0.203 e. The molecule has 0 N–H and O–H groups in total. The van der Waals surface area contributed by atoms with Gasteiger partial charge in [0.15, 0.2) is 11.6 Å². The molecule has 0 saturated heterocycles. The van der Waals surface area contributed by atoms with Gasteiger partial charge in [0, 0.05) is 5.39 Å². The second kappa shape index (κ2) is 9.62. The predicted octanol–water partition coefficient (Wildman–Crippen LogP) is 8.73. The van der Waals surface area contributed by atoms with Gasteiger partial charge in [-0.15, -0.1) is 0 Å². The lowest BCUT2D eigenvalue weighted by molar-refractivity contribution is 0.171. The molecule has 2 fully saturated rings. The van der Waals surface area contributed by atoms with Crippen molar-refractivity contribution < 1.29 is 8.78 Å². The van der Waals surface area contributed by atoms with Gasteiger partial charge in [-0.05, 0) is 117 Å². The quantitative estimate of drug-likeness (QED) is 0.432. The van der Waals surface area contributed by atoms with Crippen LogP contribution in [0.3, 0.4) is 0 Å². The Hall–Kier alpha value is -1.70. The van der Waals surface area contributed by atoms with Gasteiger partial charge in [0.05, 0.1) is 0 Å². The molecule has 0 heterocycles. The summed E-state index contributed by atoms with van der Waals surface area (Å²) in [4.78, 5) is 0. The van der Waals surface area contributed by atoms with Crippen molar-refractivity contribution >= 4 is 10.8 Å². The summed E-state index contributed by atoms with van der Waals surface area (Å²) in [6, 6.07) is 7.92. The maximum Gasteiger partial charge on any atom is 0.166 e. The summed E-state index contributed by atoms with van der Waals surface area (Å²) in [6.45, 7) is 4.12. The van der Waals surface area contributed by atoms with Crippen LogP contribution in [0.2, 0.25) is 0 Å². The zero-order valence-electron chi connectivity index (χ0n) is 18.6. The van der Waals surface area contributed by atoms with Gasteiger partial charge >= 0.3 is 0 Å². The van der Waals surface area contributed by atoms with E-state index in [9.17, 15) is 8.78 Å². The van der Waals surface area contributed by atoms with Crippen molar-refractivity contribution in [1.82, 2.24) is 0 Å². The first-order chi connectivity index (χ1) is 14.6. The van der Waals surface area contributed by atoms with E-state index in [4.69, 9.17) is 0 Å². The first-order valence-corrected chi connectivity index (χ1v) is 12.1. The number of hydrogen-bond donors (Lipinski definition) is 0. The van der Waals surface area contributed by atoms with E-state index in [0.717, 1.165) is 29.6 Å².